The third kappa shape index (κ3) is 2.79. The number of hydrogen-bond acceptors (Lipinski definition) is 1. The molecule has 0 bridgehead atoms. The Hall–Kier alpha value is -0.0600. The van der Waals surface area contributed by atoms with Gasteiger partial charge in [0.1, 0.15) is 0 Å². The minimum atomic E-state index is 0.0464. The van der Waals surface area contributed by atoms with Gasteiger partial charge >= 0.3 is 0 Å². The van der Waals surface area contributed by atoms with E-state index in [4.69, 9.17) is 11.6 Å². The van der Waals surface area contributed by atoms with Crippen molar-refractivity contribution in [3.63, 3.8) is 0 Å². The first-order chi connectivity index (χ1) is 7.56. The highest BCUT2D eigenvalue weighted by atomic mass is 79.9. The van der Waals surface area contributed by atoms with Crippen molar-refractivity contribution in [2.75, 3.05) is 13.1 Å². The third-order valence-electron chi connectivity index (χ3n) is 2.53. The molecule has 0 radical (unpaired) electrons. The van der Waals surface area contributed by atoms with Crippen LogP contribution in [0.25, 0.3) is 0 Å². The maximum Gasteiger partial charge on any atom is 0.253 e. The molecule has 1 heterocycles. The summed E-state index contributed by atoms with van der Waals surface area (Å²) in [5.41, 5.74) is 0.640. The summed E-state index contributed by atoms with van der Waals surface area (Å²) in [6.07, 6.45) is 1.01. The highest BCUT2D eigenvalue weighted by molar-refractivity contribution is 9.10. The lowest BCUT2D eigenvalue weighted by atomic mass is 10.2. The lowest BCUT2D eigenvalue weighted by molar-refractivity contribution is 0.0793. The standard InChI is InChI=1S/C11H10Br2ClNO/c12-8-1-2-15(6-8)11(16)7-3-9(13)5-10(14)4-7/h3-5,8H,1-2,6H2. The van der Waals surface area contributed by atoms with Crippen LogP contribution < -0.4 is 0 Å². The van der Waals surface area contributed by atoms with Crippen LogP contribution in [0.2, 0.25) is 5.02 Å². The van der Waals surface area contributed by atoms with Crippen LogP contribution in [0, 0.1) is 0 Å². The summed E-state index contributed by atoms with van der Waals surface area (Å²) in [7, 11) is 0. The Kier molecular flexibility index (Phi) is 3.93. The van der Waals surface area contributed by atoms with Crippen LogP contribution in [0.3, 0.4) is 0 Å². The minimum absolute atomic E-state index is 0.0464. The van der Waals surface area contributed by atoms with Crippen molar-refractivity contribution in [3.05, 3.63) is 33.3 Å². The van der Waals surface area contributed by atoms with E-state index in [0.717, 1.165) is 24.0 Å². The number of carbonyl (C=O) groups is 1. The molecule has 1 amide bonds. The predicted octanol–water partition coefficient (Wildman–Crippen LogP) is 3.71. The number of amides is 1. The number of likely N-dealkylation sites (tertiary alicyclic amines) is 1. The van der Waals surface area contributed by atoms with Crippen molar-refractivity contribution in [1.29, 1.82) is 0 Å². The van der Waals surface area contributed by atoms with Crippen molar-refractivity contribution < 1.29 is 4.79 Å². The number of alkyl halides is 1. The number of carbonyl (C=O) groups excluding carboxylic acids is 1. The summed E-state index contributed by atoms with van der Waals surface area (Å²) in [6, 6.07) is 5.28. The van der Waals surface area contributed by atoms with Gasteiger partial charge in [-0.1, -0.05) is 43.5 Å². The SMILES string of the molecule is O=C(c1cc(Cl)cc(Br)c1)N1CCC(Br)C1. The fourth-order valence-corrected chi connectivity index (χ4v) is 3.18. The first kappa shape index (κ1) is 12.4. The Balaban J connectivity index is 2.20. The second-order valence-corrected chi connectivity index (χ2v) is 6.44. The Bertz CT molecular complexity index is 404. The van der Waals surface area contributed by atoms with E-state index in [2.05, 4.69) is 31.9 Å². The fraction of sp³-hybridized carbons (Fsp3) is 0.364. The summed E-state index contributed by atoms with van der Waals surface area (Å²) in [6.45, 7) is 1.57. The van der Waals surface area contributed by atoms with Crippen molar-refractivity contribution in [3.8, 4) is 0 Å². The van der Waals surface area contributed by atoms with Crippen LogP contribution in [0.1, 0.15) is 16.8 Å². The van der Waals surface area contributed by atoms with Gasteiger partial charge in [0.25, 0.3) is 5.91 Å². The van der Waals surface area contributed by atoms with Crippen molar-refractivity contribution in [2.45, 2.75) is 11.2 Å². The Morgan fingerprint density at radius 3 is 2.75 bits per heavy atom. The average Bonchev–Trinajstić information content (AvgIpc) is 2.62. The summed E-state index contributed by atoms with van der Waals surface area (Å²) in [4.78, 5) is 14.4. The monoisotopic (exact) mass is 365 g/mol. The van der Waals surface area contributed by atoms with Gasteiger partial charge in [0.05, 0.1) is 0 Å². The quantitative estimate of drug-likeness (QED) is 0.693. The molecular formula is C11H10Br2ClNO. The normalized spacial score (nSPS) is 20.2. The zero-order chi connectivity index (χ0) is 11.7. The molecule has 0 N–H and O–H groups in total. The van der Waals surface area contributed by atoms with Gasteiger partial charge in [0.2, 0.25) is 0 Å². The zero-order valence-electron chi connectivity index (χ0n) is 8.42. The number of benzene rings is 1. The van der Waals surface area contributed by atoms with E-state index in [-0.39, 0.29) is 5.91 Å². The maximum atomic E-state index is 12.1. The topological polar surface area (TPSA) is 20.3 Å². The van der Waals surface area contributed by atoms with Gasteiger partial charge in [-0.25, -0.2) is 0 Å². The van der Waals surface area contributed by atoms with Gasteiger partial charge in [-0.05, 0) is 24.6 Å². The van der Waals surface area contributed by atoms with Crippen LogP contribution in [0.15, 0.2) is 22.7 Å². The van der Waals surface area contributed by atoms with Gasteiger partial charge in [-0.3, -0.25) is 4.79 Å². The molecule has 2 nitrogen and oxygen atoms in total. The van der Waals surface area contributed by atoms with Crippen LogP contribution in [-0.2, 0) is 0 Å². The van der Waals surface area contributed by atoms with Crippen LogP contribution in [0.4, 0.5) is 0 Å². The second kappa shape index (κ2) is 5.07. The summed E-state index contributed by atoms with van der Waals surface area (Å²) < 4.78 is 0.831. The Labute approximate surface area is 116 Å². The first-order valence-electron chi connectivity index (χ1n) is 4.95. The smallest absolute Gasteiger partial charge is 0.253 e. The van der Waals surface area contributed by atoms with Crippen molar-refractivity contribution >= 4 is 49.4 Å². The van der Waals surface area contributed by atoms with E-state index in [1.54, 1.807) is 18.2 Å². The summed E-state index contributed by atoms with van der Waals surface area (Å²) in [5, 5.41) is 0.576. The highest BCUT2D eigenvalue weighted by Gasteiger charge is 2.25. The van der Waals surface area contributed by atoms with E-state index < -0.39 is 0 Å². The summed E-state index contributed by atoms with van der Waals surface area (Å²) >= 11 is 12.8. The number of nitrogens with zero attached hydrogens (tertiary/aromatic N) is 1. The number of rotatable bonds is 1. The number of halogens is 3. The predicted molar refractivity (Wildman–Crippen MR) is 72.4 cm³/mol. The first-order valence-corrected chi connectivity index (χ1v) is 7.04. The Morgan fingerprint density at radius 2 is 2.19 bits per heavy atom. The molecule has 1 aliphatic rings. The van der Waals surface area contributed by atoms with Crippen LogP contribution in [0.5, 0.6) is 0 Å². The summed E-state index contributed by atoms with van der Waals surface area (Å²) in [5.74, 6) is 0.0464. The molecular weight excluding hydrogens is 357 g/mol. The van der Waals surface area contributed by atoms with Crippen molar-refractivity contribution in [1.82, 2.24) is 4.90 Å². The molecule has 1 fully saturated rings. The number of hydrogen-bond donors (Lipinski definition) is 0. The fourth-order valence-electron chi connectivity index (χ4n) is 1.76. The van der Waals surface area contributed by atoms with E-state index in [0.29, 0.717) is 15.4 Å². The Morgan fingerprint density at radius 1 is 1.44 bits per heavy atom. The molecule has 0 aliphatic carbocycles. The minimum Gasteiger partial charge on any atom is -0.337 e. The van der Waals surface area contributed by atoms with Crippen LogP contribution >= 0.6 is 43.5 Å². The second-order valence-electron chi connectivity index (χ2n) is 3.80. The molecule has 1 atom stereocenters. The van der Waals surface area contributed by atoms with E-state index in [1.807, 2.05) is 4.90 Å². The van der Waals surface area contributed by atoms with Crippen LogP contribution in [-0.4, -0.2) is 28.7 Å². The molecule has 16 heavy (non-hydrogen) atoms. The molecule has 1 saturated heterocycles. The molecule has 0 spiro atoms. The average molecular weight is 367 g/mol. The lowest BCUT2D eigenvalue weighted by Crippen LogP contribution is -2.28. The van der Waals surface area contributed by atoms with Crippen molar-refractivity contribution in [2.24, 2.45) is 0 Å². The van der Waals surface area contributed by atoms with Gasteiger partial charge in [-0.15, -0.1) is 0 Å². The third-order valence-corrected chi connectivity index (χ3v) is 3.95. The molecule has 0 aromatic heterocycles. The van der Waals surface area contributed by atoms with Gasteiger partial charge in [0.15, 0.2) is 0 Å². The zero-order valence-corrected chi connectivity index (χ0v) is 12.3. The molecule has 1 aliphatic heterocycles. The molecule has 5 heteroatoms. The lowest BCUT2D eigenvalue weighted by Gasteiger charge is -2.15. The van der Waals surface area contributed by atoms with Gasteiger partial charge in [-0.2, -0.15) is 0 Å². The molecule has 2 rings (SSSR count). The molecule has 1 aromatic carbocycles. The highest BCUT2D eigenvalue weighted by Crippen LogP contribution is 2.23. The molecule has 1 unspecified atom stereocenters. The van der Waals surface area contributed by atoms with E-state index >= 15 is 0 Å². The van der Waals surface area contributed by atoms with E-state index in [9.17, 15) is 4.79 Å². The molecule has 1 aromatic rings. The largest absolute Gasteiger partial charge is 0.337 e. The maximum absolute atomic E-state index is 12.1. The van der Waals surface area contributed by atoms with Gasteiger partial charge in [0, 0.05) is 33.0 Å². The van der Waals surface area contributed by atoms with Gasteiger partial charge < -0.3 is 4.90 Å². The van der Waals surface area contributed by atoms with E-state index in [1.165, 1.54) is 0 Å². The molecule has 86 valence electrons. The molecule has 0 saturated carbocycles.